The Bertz CT molecular complexity index is 976. The number of halogens is 2. The van der Waals surface area contributed by atoms with E-state index in [4.69, 9.17) is 0 Å². The number of rotatable bonds is 6. The molecule has 4 rings (SSSR count). The molecule has 1 atom stereocenters. The summed E-state index contributed by atoms with van der Waals surface area (Å²) >= 11 is 0. The van der Waals surface area contributed by atoms with Crippen molar-refractivity contribution in [3.63, 3.8) is 0 Å². The molecule has 0 spiro atoms. The Kier molecular flexibility index (Phi) is 6.87. The average Bonchev–Trinajstić information content (AvgIpc) is 3.41. The van der Waals surface area contributed by atoms with Gasteiger partial charge in [0.25, 0.3) is 0 Å². The number of aliphatic imine (C=N–C) groups is 1. The summed E-state index contributed by atoms with van der Waals surface area (Å²) in [5, 5.41) is 6.70. The lowest BCUT2D eigenvalue weighted by Crippen LogP contribution is -2.44. The lowest BCUT2D eigenvalue weighted by atomic mass is 10.1. The molecular weight excluding hydrogens is 412 g/mol. The van der Waals surface area contributed by atoms with Gasteiger partial charge in [-0.1, -0.05) is 30.3 Å². The van der Waals surface area contributed by atoms with Crippen molar-refractivity contribution < 1.29 is 13.6 Å². The van der Waals surface area contributed by atoms with E-state index in [0.717, 1.165) is 30.5 Å². The van der Waals surface area contributed by atoms with E-state index in [9.17, 15) is 13.6 Å². The normalized spacial score (nSPS) is 19.0. The Balaban J connectivity index is 1.34. The van der Waals surface area contributed by atoms with E-state index in [1.165, 1.54) is 18.2 Å². The first-order valence-electron chi connectivity index (χ1n) is 11.1. The second-order valence-electron chi connectivity index (χ2n) is 8.26. The van der Waals surface area contributed by atoms with E-state index in [1.807, 2.05) is 17.0 Å². The highest BCUT2D eigenvalue weighted by atomic mass is 19.1. The van der Waals surface area contributed by atoms with E-state index < -0.39 is 11.6 Å². The minimum atomic E-state index is -0.541. The number of nitrogens with one attached hydrogen (secondary N) is 2. The Morgan fingerprint density at radius 2 is 1.84 bits per heavy atom. The van der Waals surface area contributed by atoms with Crippen molar-refractivity contribution in [2.75, 3.05) is 31.6 Å². The molecule has 2 aromatic carbocycles. The van der Waals surface area contributed by atoms with Crippen LogP contribution in [0.1, 0.15) is 30.4 Å². The van der Waals surface area contributed by atoms with Crippen LogP contribution >= 0.6 is 0 Å². The van der Waals surface area contributed by atoms with Crippen LogP contribution < -0.4 is 15.5 Å². The van der Waals surface area contributed by atoms with E-state index in [-0.39, 0.29) is 17.6 Å². The maximum absolute atomic E-state index is 14.1. The van der Waals surface area contributed by atoms with Gasteiger partial charge in [0.2, 0.25) is 5.91 Å². The molecular formula is C24H29F2N5O. The van der Waals surface area contributed by atoms with Crippen molar-refractivity contribution in [2.45, 2.75) is 38.4 Å². The fourth-order valence-corrected chi connectivity index (χ4v) is 4.40. The summed E-state index contributed by atoms with van der Waals surface area (Å²) in [7, 11) is 1.70. The van der Waals surface area contributed by atoms with Gasteiger partial charge in [-0.3, -0.25) is 9.79 Å². The van der Waals surface area contributed by atoms with Gasteiger partial charge in [-0.15, -0.1) is 0 Å². The van der Waals surface area contributed by atoms with Crippen molar-refractivity contribution in [1.82, 2.24) is 15.5 Å². The standard InChI is InChI=1S/C24H29F2N5O/c1-27-24(29-19-11-13-31(16-19)23-20(25)8-4-9-21(23)26)28-14-17-6-2-3-7-18(17)15-30-12-5-10-22(30)32/h2-4,6-9,19H,5,10-16H2,1H3,(H2,27,28,29). The minimum absolute atomic E-state index is 0.0256. The number of benzene rings is 2. The fourth-order valence-electron chi connectivity index (χ4n) is 4.40. The maximum Gasteiger partial charge on any atom is 0.222 e. The second-order valence-corrected chi connectivity index (χ2v) is 8.26. The molecule has 2 aliphatic rings. The lowest BCUT2D eigenvalue weighted by molar-refractivity contribution is -0.128. The lowest BCUT2D eigenvalue weighted by Gasteiger charge is -2.22. The molecule has 6 nitrogen and oxygen atoms in total. The predicted octanol–water partition coefficient (Wildman–Crippen LogP) is 3.03. The van der Waals surface area contributed by atoms with Gasteiger partial charge in [-0.25, -0.2) is 8.78 Å². The molecule has 1 unspecified atom stereocenters. The van der Waals surface area contributed by atoms with Crippen LogP contribution in [0.2, 0.25) is 0 Å². The SMILES string of the molecule is CN=C(NCc1ccccc1CN1CCCC1=O)NC1CCN(c2c(F)cccc2F)C1. The molecule has 0 aliphatic carbocycles. The molecule has 170 valence electrons. The summed E-state index contributed by atoms with van der Waals surface area (Å²) < 4.78 is 28.2. The minimum Gasteiger partial charge on any atom is -0.365 e. The van der Waals surface area contributed by atoms with Gasteiger partial charge in [-0.05, 0) is 36.1 Å². The number of nitrogens with zero attached hydrogens (tertiary/aromatic N) is 3. The average molecular weight is 442 g/mol. The number of hydrogen-bond acceptors (Lipinski definition) is 3. The highest BCUT2D eigenvalue weighted by Crippen LogP contribution is 2.26. The second kappa shape index (κ2) is 9.97. The molecule has 2 saturated heterocycles. The first-order chi connectivity index (χ1) is 15.5. The van der Waals surface area contributed by atoms with Crippen LogP contribution in [0.3, 0.4) is 0 Å². The molecule has 2 N–H and O–H groups in total. The number of para-hydroxylation sites is 1. The van der Waals surface area contributed by atoms with Crippen LogP contribution in [0.5, 0.6) is 0 Å². The van der Waals surface area contributed by atoms with Crippen molar-refractivity contribution in [3.05, 3.63) is 65.2 Å². The van der Waals surface area contributed by atoms with Crippen molar-refractivity contribution in [2.24, 2.45) is 4.99 Å². The molecule has 8 heteroatoms. The Morgan fingerprint density at radius 3 is 2.53 bits per heavy atom. The highest BCUT2D eigenvalue weighted by Gasteiger charge is 2.27. The van der Waals surface area contributed by atoms with E-state index in [0.29, 0.717) is 38.6 Å². The topological polar surface area (TPSA) is 60.0 Å². The summed E-state index contributed by atoms with van der Waals surface area (Å²) in [4.78, 5) is 19.9. The van der Waals surface area contributed by atoms with Crippen molar-refractivity contribution >= 4 is 17.6 Å². The zero-order chi connectivity index (χ0) is 22.5. The third kappa shape index (κ3) is 5.00. The van der Waals surface area contributed by atoms with Gasteiger partial charge >= 0.3 is 0 Å². The highest BCUT2D eigenvalue weighted by molar-refractivity contribution is 5.80. The number of amides is 1. The van der Waals surface area contributed by atoms with Crippen LogP contribution in [0.25, 0.3) is 0 Å². The number of anilines is 1. The molecule has 0 aromatic heterocycles. The largest absolute Gasteiger partial charge is 0.365 e. The summed E-state index contributed by atoms with van der Waals surface area (Å²) in [6.45, 7) is 3.06. The molecule has 2 aliphatic heterocycles. The van der Waals surface area contributed by atoms with Crippen LogP contribution in [0.15, 0.2) is 47.5 Å². The number of carbonyl (C=O) groups is 1. The van der Waals surface area contributed by atoms with Crippen LogP contribution in [-0.4, -0.2) is 49.5 Å². The molecule has 2 fully saturated rings. The predicted molar refractivity (Wildman–Crippen MR) is 121 cm³/mol. The monoisotopic (exact) mass is 441 g/mol. The van der Waals surface area contributed by atoms with Gasteiger partial charge in [0, 0.05) is 52.2 Å². The zero-order valence-electron chi connectivity index (χ0n) is 18.3. The van der Waals surface area contributed by atoms with E-state index in [1.54, 1.807) is 11.9 Å². The van der Waals surface area contributed by atoms with Crippen molar-refractivity contribution in [3.8, 4) is 0 Å². The van der Waals surface area contributed by atoms with Crippen molar-refractivity contribution in [1.29, 1.82) is 0 Å². The van der Waals surface area contributed by atoms with E-state index in [2.05, 4.69) is 27.8 Å². The zero-order valence-corrected chi connectivity index (χ0v) is 18.3. The quantitative estimate of drug-likeness (QED) is 0.535. The smallest absolute Gasteiger partial charge is 0.222 e. The summed E-state index contributed by atoms with van der Waals surface area (Å²) in [6.07, 6.45) is 2.30. The number of carbonyl (C=O) groups excluding carboxylic acids is 1. The molecule has 0 bridgehead atoms. The molecule has 2 heterocycles. The third-order valence-corrected chi connectivity index (χ3v) is 6.10. The molecule has 1 amide bonds. The first kappa shape index (κ1) is 22.0. The van der Waals surface area contributed by atoms with Gasteiger partial charge in [0.15, 0.2) is 5.96 Å². The molecule has 2 aromatic rings. The summed E-state index contributed by atoms with van der Waals surface area (Å²) in [5.74, 6) is -0.234. The number of hydrogen-bond donors (Lipinski definition) is 2. The summed E-state index contributed by atoms with van der Waals surface area (Å²) in [6, 6.07) is 12.0. The Morgan fingerprint density at radius 1 is 1.09 bits per heavy atom. The fraction of sp³-hybridized carbons (Fsp3) is 0.417. The Labute approximate surface area is 187 Å². The van der Waals surface area contributed by atoms with Gasteiger partial charge in [-0.2, -0.15) is 0 Å². The maximum atomic E-state index is 14.1. The van der Waals surface area contributed by atoms with E-state index >= 15 is 0 Å². The molecule has 0 saturated carbocycles. The summed E-state index contributed by atoms with van der Waals surface area (Å²) in [5.41, 5.74) is 2.26. The van der Waals surface area contributed by atoms with Gasteiger partial charge < -0.3 is 20.4 Å². The van der Waals surface area contributed by atoms with Crippen LogP contribution in [-0.2, 0) is 17.9 Å². The van der Waals surface area contributed by atoms with Crippen LogP contribution in [0.4, 0.5) is 14.5 Å². The number of guanidine groups is 1. The van der Waals surface area contributed by atoms with Gasteiger partial charge in [0.05, 0.1) is 0 Å². The first-order valence-corrected chi connectivity index (χ1v) is 11.1. The molecule has 32 heavy (non-hydrogen) atoms. The van der Waals surface area contributed by atoms with Crippen LogP contribution in [0, 0.1) is 11.6 Å². The Hall–Kier alpha value is -3.16. The molecule has 0 radical (unpaired) electrons. The van der Waals surface area contributed by atoms with Gasteiger partial charge in [0.1, 0.15) is 17.3 Å². The number of likely N-dealkylation sites (tertiary alicyclic amines) is 1. The third-order valence-electron chi connectivity index (χ3n) is 6.10.